The van der Waals surface area contributed by atoms with Gasteiger partial charge in [-0.3, -0.25) is 10.1 Å². The molecule has 0 radical (unpaired) electrons. The first-order valence-corrected chi connectivity index (χ1v) is 6.81. The van der Waals surface area contributed by atoms with Crippen molar-refractivity contribution in [1.29, 1.82) is 0 Å². The normalized spacial score (nSPS) is 12.5. The summed E-state index contributed by atoms with van der Waals surface area (Å²) in [5.74, 6) is -1.62. The van der Waals surface area contributed by atoms with Crippen LogP contribution in [-0.2, 0) is 9.05 Å². The smallest absolute Gasteiger partial charge is 0.388 e. The van der Waals surface area contributed by atoms with E-state index < -0.39 is 48.9 Å². The maximum atomic E-state index is 12.7. The summed E-state index contributed by atoms with van der Waals surface area (Å²) in [6.45, 7) is 0. The van der Waals surface area contributed by atoms with E-state index in [1.807, 2.05) is 0 Å². The zero-order valence-corrected chi connectivity index (χ0v) is 10.8. The molecule has 1 aromatic rings. The third kappa shape index (κ3) is 4.35. The fourth-order valence-electron chi connectivity index (χ4n) is 1.22. The number of nitro groups is 1. The third-order valence-corrected chi connectivity index (χ3v) is 3.19. The molecule has 21 heavy (non-hydrogen) atoms. The van der Waals surface area contributed by atoms with Crippen molar-refractivity contribution in [2.45, 2.75) is 17.7 Å². The second-order valence-electron chi connectivity index (χ2n) is 3.24. The predicted molar refractivity (Wildman–Crippen MR) is 55.6 cm³/mol. The monoisotopic (exact) mass is 356 g/mol. The van der Waals surface area contributed by atoms with Crippen molar-refractivity contribution in [1.82, 2.24) is 4.98 Å². The Morgan fingerprint density at radius 2 is 1.90 bits per heavy atom. The minimum Gasteiger partial charge on any atom is -0.388 e. The van der Waals surface area contributed by atoms with E-state index in [2.05, 4.69) is 9.72 Å². The number of halogens is 6. The lowest BCUT2D eigenvalue weighted by Gasteiger charge is -2.11. The summed E-state index contributed by atoms with van der Waals surface area (Å²) in [6, 6.07) is -0.0748. The van der Waals surface area contributed by atoms with E-state index in [1.165, 1.54) is 0 Å². The summed E-state index contributed by atoms with van der Waals surface area (Å²) < 4.78 is 86.6. The van der Waals surface area contributed by atoms with Crippen LogP contribution in [0.3, 0.4) is 0 Å². The zero-order chi connectivity index (χ0) is 16.6. The Hall–Kier alpha value is -1.76. The second kappa shape index (κ2) is 5.55. The van der Waals surface area contributed by atoms with Crippen molar-refractivity contribution in [3.63, 3.8) is 0 Å². The fraction of sp³-hybridized carbons (Fsp3) is 0.286. The lowest BCUT2D eigenvalue weighted by Crippen LogP contribution is -2.19. The highest BCUT2D eigenvalue weighted by atomic mass is 35.7. The quantitative estimate of drug-likeness (QED) is 0.356. The Morgan fingerprint density at radius 3 is 2.24 bits per heavy atom. The Bertz CT molecular complexity index is 677. The molecule has 0 fully saturated rings. The van der Waals surface area contributed by atoms with Gasteiger partial charge in [-0.1, -0.05) is 0 Å². The summed E-state index contributed by atoms with van der Waals surface area (Å²) in [7, 11) is -0.290. The molecule has 1 rings (SSSR count). The largest absolute Gasteiger partial charge is 0.574 e. The molecule has 1 heterocycles. The fourth-order valence-corrected chi connectivity index (χ4v) is 2.46. The minimum absolute atomic E-state index is 0.0748. The van der Waals surface area contributed by atoms with Gasteiger partial charge >= 0.3 is 6.36 Å². The Labute approximate surface area is 116 Å². The van der Waals surface area contributed by atoms with Gasteiger partial charge in [-0.25, -0.2) is 22.2 Å². The molecule has 118 valence electrons. The van der Waals surface area contributed by atoms with Crippen LogP contribution in [0.4, 0.5) is 27.6 Å². The van der Waals surface area contributed by atoms with Crippen molar-refractivity contribution >= 4 is 25.4 Å². The molecule has 1 aromatic heterocycles. The van der Waals surface area contributed by atoms with Gasteiger partial charge in [0.2, 0.25) is 5.88 Å². The van der Waals surface area contributed by atoms with Crippen LogP contribution in [0.15, 0.2) is 11.0 Å². The van der Waals surface area contributed by atoms with Gasteiger partial charge in [-0.2, -0.15) is 0 Å². The lowest BCUT2D eigenvalue weighted by atomic mass is 10.3. The van der Waals surface area contributed by atoms with Crippen molar-refractivity contribution in [3.05, 3.63) is 21.9 Å². The van der Waals surface area contributed by atoms with Gasteiger partial charge in [0.1, 0.15) is 5.69 Å². The first-order chi connectivity index (χ1) is 9.33. The lowest BCUT2D eigenvalue weighted by molar-refractivity contribution is -0.388. The number of nitrogens with zero attached hydrogens (tertiary/aromatic N) is 2. The van der Waals surface area contributed by atoms with Crippen molar-refractivity contribution in [2.75, 3.05) is 0 Å². The maximum absolute atomic E-state index is 12.7. The predicted octanol–water partition coefficient (Wildman–Crippen LogP) is 2.75. The minimum atomic E-state index is -5.37. The molecule has 0 amide bonds. The molecule has 0 aliphatic carbocycles. The summed E-state index contributed by atoms with van der Waals surface area (Å²) in [4.78, 5) is 10.0. The standard InChI is InChI=1S/C7H2ClF5N2O5S/c8-21(18,19)5-2(15(16)17)1-3(20-7(11,12)13)14-4(5)6(9)10/h1,6H. The van der Waals surface area contributed by atoms with Gasteiger partial charge in [0.25, 0.3) is 21.2 Å². The molecule has 0 saturated heterocycles. The highest BCUT2D eigenvalue weighted by Crippen LogP contribution is 2.37. The second-order valence-corrected chi connectivity index (χ2v) is 5.74. The number of hydrogen-bond acceptors (Lipinski definition) is 6. The first kappa shape index (κ1) is 17.3. The number of alkyl halides is 5. The van der Waals surface area contributed by atoms with Gasteiger partial charge < -0.3 is 4.74 Å². The van der Waals surface area contributed by atoms with Crippen molar-refractivity contribution < 1.29 is 40.0 Å². The number of ether oxygens (including phenoxy) is 1. The molecular formula is C7H2ClF5N2O5S. The van der Waals surface area contributed by atoms with Crippen LogP contribution in [0.5, 0.6) is 5.88 Å². The third-order valence-electron chi connectivity index (χ3n) is 1.82. The van der Waals surface area contributed by atoms with Gasteiger partial charge in [0.05, 0.1) is 11.0 Å². The molecule has 0 aliphatic heterocycles. The average molecular weight is 357 g/mol. The molecular weight excluding hydrogens is 355 g/mol. The van der Waals surface area contributed by atoms with E-state index >= 15 is 0 Å². The van der Waals surface area contributed by atoms with Crippen LogP contribution in [0.1, 0.15) is 12.1 Å². The first-order valence-electron chi connectivity index (χ1n) is 4.51. The van der Waals surface area contributed by atoms with Gasteiger partial charge in [-0.15, -0.1) is 13.2 Å². The SMILES string of the molecule is O=[N+]([O-])c1cc(OC(F)(F)F)nc(C(F)F)c1S(=O)(=O)Cl. The van der Waals surface area contributed by atoms with E-state index in [0.29, 0.717) is 0 Å². The van der Waals surface area contributed by atoms with Crippen LogP contribution in [0.25, 0.3) is 0 Å². The molecule has 0 unspecified atom stereocenters. The molecule has 0 atom stereocenters. The molecule has 0 saturated carbocycles. The van der Waals surface area contributed by atoms with E-state index in [0.717, 1.165) is 0 Å². The van der Waals surface area contributed by atoms with E-state index in [4.69, 9.17) is 10.7 Å². The van der Waals surface area contributed by atoms with Crippen molar-refractivity contribution in [3.8, 4) is 5.88 Å². The number of aromatic nitrogens is 1. The number of rotatable bonds is 4. The van der Waals surface area contributed by atoms with Crippen LogP contribution in [0.2, 0.25) is 0 Å². The molecule has 0 bridgehead atoms. The molecule has 0 spiro atoms. The zero-order valence-electron chi connectivity index (χ0n) is 9.27. The highest BCUT2D eigenvalue weighted by molar-refractivity contribution is 8.13. The Balaban J connectivity index is 3.70. The van der Waals surface area contributed by atoms with Gasteiger partial charge in [-0.05, 0) is 0 Å². The summed E-state index contributed by atoms with van der Waals surface area (Å²) in [6.07, 6.45) is -9.12. The van der Waals surface area contributed by atoms with E-state index in [9.17, 15) is 40.5 Å². The Morgan fingerprint density at radius 1 is 1.38 bits per heavy atom. The number of pyridine rings is 1. The Kier molecular flexibility index (Phi) is 4.57. The van der Waals surface area contributed by atoms with Crippen LogP contribution in [-0.4, -0.2) is 24.7 Å². The van der Waals surface area contributed by atoms with E-state index in [-0.39, 0.29) is 6.07 Å². The summed E-state index contributed by atoms with van der Waals surface area (Å²) in [5, 5.41) is 10.6. The van der Waals surface area contributed by atoms with Crippen molar-refractivity contribution in [2.24, 2.45) is 0 Å². The highest BCUT2D eigenvalue weighted by Gasteiger charge is 2.38. The van der Waals surface area contributed by atoms with Crippen LogP contribution in [0, 0.1) is 10.1 Å². The molecule has 0 aromatic carbocycles. The molecule has 0 aliphatic rings. The summed E-state index contributed by atoms with van der Waals surface area (Å²) >= 11 is 0. The molecule has 14 heteroatoms. The summed E-state index contributed by atoms with van der Waals surface area (Å²) in [5.41, 5.74) is -3.44. The van der Waals surface area contributed by atoms with Gasteiger partial charge in [0, 0.05) is 10.7 Å². The van der Waals surface area contributed by atoms with Gasteiger partial charge in [0.15, 0.2) is 4.90 Å². The van der Waals surface area contributed by atoms with E-state index in [1.54, 1.807) is 0 Å². The topological polar surface area (TPSA) is 99.4 Å². The molecule has 0 N–H and O–H groups in total. The van der Waals surface area contributed by atoms with Crippen LogP contribution < -0.4 is 4.74 Å². The maximum Gasteiger partial charge on any atom is 0.574 e. The average Bonchev–Trinajstić information content (AvgIpc) is 2.23. The molecule has 7 nitrogen and oxygen atoms in total. The number of hydrogen-bond donors (Lipinski definition) is 0. The van der Waals surface area contributed by atoms with Crippen LogP contribution >= 0.6 is 10.7 Å².